The van der Waals surface area contributed by atoms with E-state index in [1.807, 2.05) is 11.6 Å². The van der Waals surface area contributed by atoms with Gasteiger partial charge in [-0.05, 0) is 15.9 Å². The quantitative estimate of drug-likeness (QED) is 0.576. The smallest absolute Gasteiger partial charge is 0.239 e. The molecule has 0 aliphatic rings. The van der Waals surface area contributed by atoms with Crippen LogP contribution in [0.15, 0.2) is 22.2 Å². The maximum Gasteiger partial charge on any atom is 0.239 e. The number of halogens is 1. The van der Waals surface area contributed by atoms with Gasteiger partial charge in [0.2, 0.25) is 5.95 Å². The van der Waals surface area contributed by atoms with E-state index in [0.29, 0.717) is 17.7 Å². The van der Waals surface area contributed by atoms with E-state index in [1.165, 1.54) is 0 Å². The van der Waals surface area contributed by atoms with Crippen LogP contribution in [-0.4, -0.2) is 21.5 Å². The van der Waals surface area contributed by atoms with Gasteiger partial charge in [-0.15, -0.1) is 11.3 Å². The third-order valence-corrected chi connectivity index (χ3v) is 3.91. The van der Waals surface area contributed by atoms with Gasteiger partial charge in [-0.2, -0.15) is 4.98 Å². The molecule has 4 N–H and O–H groups in total. The monoisotopic (exact) mass is 328 g/mol. The fraction of sp³-hybridized carbons (Fsp3) is 0.300. The molecule has 18 heavy (non-hydrogen) atoms. The molecule has 2 aromatic heterocycles. The number of aromatic nitrogens is 3. The first-order valence-corrected chi connectivity index (χ1v) is 7.00. The van der Waals surface area contributed by atoms with Crippen LogP contribution in [0.2, 0.25) is 0 Å². The molecule has 2 aromatic rings. The average Bonchev–Trinajstić information content (AvgIpc) is 2.91. The van der Waals surface area contributed by atoms with E-state index >= 15 is 0 Å². The molecule has 1 atom stereocenters. The predicted octanol–water partition coefficient (Wildman–Crippen LogP) is 2.20. The Balaban J connectivity index is 2.01. The van der Waals surface area contributed by atoms with Crippen LogP contribution >= 0.6 is 27.3 Å². The lowest BCUT2D eigenvalue weighted by Crippen LogP contribution is -2.14. The van der Waals surface area contributed by atoms with Crippen molar-refractivity contribution >= 4 is 39.0 Å². The number of hydrazine groups is 1. The minimum atomic E-state index is 0.321. The topological polar surface area (TPSA) is 88.8 Å². The van der Waals surface area contributed by atoms with Crippen molar-refractivity contribution in [3.63, 3.8) is 0 Å². The number of nitrogens with zero attached hydrogens (tertiary/aromatic N) is 3. The Morgan fingerprint density at radius 3 is 3.00 bits per heavy atom. The number of nitrogen functional groups attached to an aromatic ring is 1. The second-order valence-corrected chi connectivity index (χ2v) is 5.47. The lowest BCUT2D eigenvalue weighted by Gasteiger charge is -2.12. The SMILES string of the molecule is CC(CNc1nc(NN)ncc1Br)c1nccs1. The van der Waals surface area contributed by atoms with E-state index in [-0.39, 0.29) is 0 Å². The molecule has 1 unspecified atom stereocenters. The highest BCUT2D eigenvalue weighted by Crippen LogP contribution is 2.22. The number of rotatable bonds is 5. The minimum Gasteiger partial charge on any atom is -0.368 e. The van der Waals surface area contributed by atoms with Crippen molar-refractivity contribution in [2.45, 2.75) is 12.8 Å². The van der Waals surface area contributed by atoms with Crippen molar-refractivity contribution in [1.82, 2.24) is 15.0 Å². The molecule has 96 valence electrons. The van der Waals surface area contributed by atoms with Gasteiger partial charge < -0.3 is 5.32 Å². The van der Waals surface area contributed by atoms with Crippen molar-refractivity contribution in [3.8, 4) is 0 Å². The Kier molecular flexibility index (Phi) is 4.45. The normalized spacial score (nSPS) is 12.2. The van der Waals surface area contributed by atoms with E-state index in [2.05, 4.69) is 48.5 Å². The van der Waals surface area contributed by atoms with Crippen LogP contribution in [0, 0.1) is 0 Å². The highest BCUT2D eigenvalue weighted by Gasteiger charge is 2.10. The maximum absolute atomic E-state index is 5.28. The predicted molar refractivity (Wildman–Crippen MR) is 76.6 cm³/mol. The third-order valence-electron chi connectivity index (χ3n) is 2.32. The van der Waals surface area contributed by atoms with Crippen LogP contribution in [0.1, 0.15) is 17.8 Å². The van der Waals surface area contributed by atoms with Gasteiger partial charge in [0, 0.05) is 30.2 Å². The first kappa shape index (κ1) is 13.2. The Morgan fingerprint density at radius 1 is 1.50 bits per heavy atom. The highest BCUT2D eigenvalue weighted by atomic mass is 79.9. The van der Waals surface area contributed by atoms with E-state index < -0.39 is 0 Å². The fourth-order valence-corrected chi connectivity index (χ4v) is 2.41. The summed E-state index contributed by atoms with van der Waals surface area (Å²) in [7, 11) is 0. The molecule has 0 saturated heterocycles. The van der Waals surface area contributed by atoms with Gasteiger partial charge in [-0.1, -0.05) is 6.92 Å². The fourth-order valence-electron chi connectivity index (χ4n) is 1.38. The zero-order chi connectivity index (χ0) is 13.0. The van der Waals surface area contributed by atoms with Crippen LogP contribution in [0.4, 0.5) is 11.8 Å². The van der Waals surface area contributed by atoms with Crippen LogP contribution < -0.4 is 16.6 Å². The summed E-state index contributed by atoms with van der Waals surface area (Å²) in [6, 6.07) is 0. The van der Waals surface area contributed by atoms with Crippen LogP contribution in [0.25, 0.3) is 0 Å². The van der Waals surface area contributed by atoms with Crippen molar-refractivity contribution in [2.75, 3.05) is 17.3 Å². The zero-order valence-electron chi connectivity index (χ0n) is 9.72. The molecule has 0 bridgehead atoms. The largest absolute Gasteiger partial charge is 0.368 e. The Hall–Kier alpha value is -1.25. The molecule has 0 spiro atoms. The lowest BCUT2D eigenvalue weighted by molar-refractivity contribution is 0.791. The first-order chi connectivity index (χ1) is 8.70. The van der Waals surface area contributed by atoms with Gasteiger partial charge in [-0.3, -0.25) is 5.43 Å². The third kappa shape index (κ3) is 3.15. The maximum atomic E-state index is 5.28. The number of anilines is 2. The molecule has 0 amide bonds. The molecule has 0 fully saturated rings. The summed E-state index contributed by atoms with van der Waals surface area (Å²) < 4.78 is 0.799. The van der Waals surface area contributed by atoms with E-state index in [9.17, 15) is 0 Å². The highest BCUT2D eigenvalue weighted by molar-refractivity contribution is 9.10. The van der Waals surface area contributed by atoms with Crippen LogP contribution in [0.5, 0.6) is 0 Å². The van der Waals surface area contributed by atoms with Crippen molar-refractivity contribution < 1.29 is 0 Å². The summed E-state index contributed by atoms with van der Waals surface area (Å²) in [6.45, 7) is 2.86. The van der Waals surface area contributed by atoms with Gasteiger partial charge in [0.1, 0.15) is 5.82 Å². The van der Waals surface area contributed by atoms with Crippen molar-refractivity contribution in [2.24, 2.45) is 5.84 Å². The zero-order valence-corrected chi connectivity index (χ0v) is 12.1. The number of nitrogens with two attached hydrogens (primary N) is 1. The Morgan fingerprint density at radius 2 is 2.33 bits per heavy atom. The molecular formula is C10H13BrN6S. The molecule has 2 heterocycles. The van der Waals surface area contributed by atoms with Gasteiger partial charge in [0.25, 0.3) is 0 Å². The van der Waals surface area contributed by atoms with Crippen LogP contribution in [-0.2, 0) is 0 Å². The van der Waals surface area contributed by atoms with Gasteiger partial charge in [0.05, 0.1) is 9.48 Å². The standard InChI is InChI=1S/C10H13BrN6S/c1-6(9-13-2-3-18-9)4-14-8-7(11)5-15-10(16-8)17-12/h2-3,5-6H,4,12H2,1H3,(H2,14,15,16,17). The summed E-state index contributed by atoms with van der Waals surface area (Å²) in [4.78, 5) is 12.5. The summed E-state index contributed by atoms with van der Waals surface area (Å²) in [6.07, 6.45) is 3.46. The number of hydrogen-bond donors (Lipinski definition) is 3. The summed E-state index contributed by atoms with van der Waals surface area (Å²) in [5, 5.41) is 6.33. The van der Waals surface area contributed by atoms with Crippen LogP contribution in [0.3, 0.4) is 0 Å². The van der Waals surface area contributed by atoms with E-state index in [1.54, 1.807) is 17.5 Å². The van der Waals surface area contributed by atoms with E-state index in [0.717, 1.165) is 16.0 Å². The summed E-state index contributed by atoms with van der Waals surface area (Å²) in [5.74, 6) is 6.68. The van der Waals surface area contributed by atoms with E-state index in [4.69, 9.17) is 5.84 Å². The molecule has 0 saturated carbocycles. The van der Waals surface area contributed by atoms with Crippen molar-refractivity contribution in [1.29, 1.82) is 0 Å². The average molecular weight is 329 g/mol. The molecular weight excluding hydrogens is 316 g/mol. The molecule has 0 aliphatic carbocycles. The van der Waals surface area contributed by atoms with Gasteiger partial charge >= 0.3 is 0 Å². The summed E-state index contributed by atoms with van der Waals surface area (Å²) >= 11 is 5.04. The Bertz CT molecular complexity index is 503. The first-order valence-electron chi connectivity index (χ1n) is 5.33. The molecule has 2 rings (SSSR count). The molecule has 0 aliphatic heterocycles. The lowest BCUT2D eigenvalue weighted by atomic mass is 10.2. The second-order valence-electron chi connectivity index (χ2n) is 3.69. The minimum absolute atomic E-state index is 0.321. The molecule has 8 heteroatoms. The Labute approximate surface area is 117 Å². The summed E-state index contributed by atoms with van der Waals surface area (Å²) in [5.41, 5.74) is 2.42. The van der Waals surface area contributed by atoms with Gasteiger partial charge in [0.15, 0.2) is 0 Å². The molecule has 0 radical (unpaired) electrons. The molecule has 6 nitrogen and oxygen atoms in total. The van der Waals surface area contributed by atoms with Crippen molar-refractivity contribution in [3.05, 3.63) is 27.3 Å². The second kappa shape index (κ2) is 6.07. The van der Waals surface area contributed by atoms with Gasteiger partial charge in [-0.25, -0.2) is 15.8 Å². The number of thiazole rings is 1. The number of hydrogen-bond acceptors (Lipinski definition) is 7. The molecule has 0 aromatic carbocycles. The number of nitrogens with one attached hydrogen (secondary N) is 2.